The molecule has 0 amide bonds. The molecule has 2 N–H and O–H groups in total. The van der Waals surface area contributed by atoms with E-state index in [4.69, 9.17) is 17.3 Å². The van der Waals surface area contributed by atoms with Gasteiger partial charge in [-0.3, -0.25) is 4.68 Å². The maximum absolute atomic E-state index is 6.48. The molecule has 1 aliphatic carbocycles. The van der Waals surface area contributed by atoms with Crippen LogP contribution in [-0.4, -0.2) is 15.8 Å². The number of halogens is 1. The summed E-state index contributed by atoms with van der Waals surface area (Å²) in [5.41, 5.74) is 8.58. The van der Waals surface area contributed by atoms with Gasteiger partial charge in [-0.25, -0.2) is 0 Å². The molecule has 1 aromatic rings. The lowest BCUT2D eigenvalue weighted by Gasteiger charge is -2.19. The summed E-state index contributed by atoms with van der Waals surface area (Å²) < 4.78 is 2.04. The van der Waals surface area contributed by atoms with Gasteiger partial charge in [0.15, 0.2) is 0 Å². The maximum atomic E-state index is 6.48. The van der Waals surface area contributed by atoms with Crippen LogP contribution in [-0.2, 0) is 19.4 Å². The van der Waals surface area contributed by atoms with E-state index in [1.54, 1.807) is 0 Å². The molecule has 0 aromatic carbocycles. The molecule has 0 spiro atoms. The predicted molar refractivity (Wildman–Crippen MR) is 89.8 cm³/mol. The van der Waals surface area contributed by atoms with Crippen LogP contribution in [0.1, 0.15) is 70.2 Å². The van der Waals surface area contributed by atoms with E-state index in [0.717, 1.165) is 48.1 Å². The molecule has 0 radical (unpaired) electrons. The van der Waals surface area contributed by atoms with E-state index in [0.29, 0.717) is 0 Å². The van der Waals surface area contributed by atoms with Gasteiger partial charge in [-0.05, 0) is 25.7 Å². The molecule has 1 unspecified atom stereocenters. The Morgan fingerprint density at radius 2 is 1.90 bits per heavy atom. The third kappa shape index (κ3) is 4.46. The van der Waals surface area contributed by atoms with E-state index >= 15 is 0 Å². The van der Waals surface area contributed by atoms with Crippen molar-refractivity contribution in [3.8, 4) is 0 Å². The fourth-order valence-electron chi connectivity index (χ4n) is 3.57. The zero-order chi connectivity index (χ0) is 15.2. The average Bonchev–Trinajstić information content (AvgIpc) is 2.66. The minimum Gasteiger partial charge on any atom is -0.327 e. The molecule has 0 aliphatic heterocycles. The van der Waals surface area contributed by atoms with Crippen molar-refractivity contribution < 1.29 is 0 Å². The van der Waals surface area contributed by atoms with Gasteiger partial charge in [0.05, 0.1) is 16.4 Å². The first kappa shape index (κ1) is 16.8. The lowest BCUT2D eigenvalue weighted by atomic mass is 9.91. The number of nitrogens with two attached hydrogens (primary N) is 1. The smallest absolute Gasteiger partial charge is 0.0850 e. The first-order valence-electron chi connectivity index (χ1n) is 8.65. The number of hydrogen-bond donors (Lipinski definition) is 1. The summed E-state index contributed by atoms with van der Waals surface area (Å²) in [5.74, 6) is 0.810. The maximum Gasteiger partial charge on any atom is 0.0850 e. The Hall–Kier alpha value is -0.540. The molecule has 0 bridgehead atoms. The summed E-state index contributed by atoms with van der Waals surface area (Å²) in [4.78, 5) is 0. The van der Waals surface area contributed by atoms with Crippen molar-refractivity contribution in [1.82, 2.24) is 9.78 Å². The van der Waals surface area contributed by atoms with Crippen LogP contribution in [0.5, 0.6) is 0 Å². The molecule has 2 rings (SSSR count). The summed E-state index contributed by atoms with van der Waals surface area (Å²) >= 11 is 6.48. The summed E-state index contributed by atoms with van der Waals surface area (Å²) in [5, 5.41) is 5.43. The van der Waals surface area contributed by atoms with Crippen LogP contribution < -0.4 is 5.73 Å². The third-order valence-corrected chi connectivity index (χ3v) is 5.20. The Balaban J connectivity index is 1.98. The molecule has 1 aliphatic rings. The lowest BCUT2D eigenvalue weighted by Crippen LogP contribution is -2.27. The van der Waals surface area contributed by atoms with Gasteiger partial charge >= 0.3 is 0 Å². The number of nitrogens with zero attached hydrogens (tertiary/aromatic N) is 2. The van der Waals surface area contributed by atoms with Crippen molar-refractivity contribution in [2.75, 3.05) is 0 Å². The van der Waals surface area contributed by atoms with Crippen LogP contribution in [0, 0.1) is 5.92 Å². The Morgan fingerprint density at radius 1 is 1.24 bits per heavy atom. The largest absolute Gasteiger partial charge is 0.327 e. The lowest BCUT2D eigenvalue weighted by molar-refractivity contribution is 0.383. The normalized spacial score (nSPS) is 18.7. The van der Waals surface area contributed by atoms with E-state index in [2.05, 4.69) is 18.9 Å². The van der Waals surface area contributed by atoms with Crippen LogP contribution >= 0.6 is 11.6 Å². The first-order valence-corrected chi connectivity index (χ1v) is 9.03. The van der Waals surface area contributed by atoms with Crippen LogP contribution in [0.3, 0.4) is 0 Å². The van der Waals surface area contributed by atoms with Gasteiger partial charge in [0.2, 0.25) is 0 Å². The van der Waals surface area contributed by atoms with Gasteiger partial charge in [0.25, 0.3) is 0 Å². The van der Waals surface area contributed by atoms with E-state index in [9.17, 15) is 0 Å². The number of rotatable bonds is 6. The van der Waals surface area contributed by atoms with Gasteiger partial charge < -0.3 is 5.73 Å². The van der Waals surface area contributed by atoms with Crippen LogP contribution in [0.2, 0.25) is 5.02 Å². The fourth-order valence-corrected chi connectivity index (χ4v) is 3.92. The summed E-state index contributed by atoms with van der Waals surface area (Å²) in [6.45, 7) is 5.08. The Kier molecular flexibility index (Phi) is 6.56. The summed E-state index contributed by atoms with van der Waals surface area (Å²) in [7, 11) is 0. The highest BCUT2D eigenvalue weighted by Crippen LogP contribution is 2.28. The molecule has 21 heavy (non-hydrogen) atoms. The molecule has 1 heterocycles. The Morgan fingerprint density at radius 3 is 2.48 bits per heavy atom. The molecule has 120 valence electrons. The quantitative estimate of drug-likeness (QED) is 0.794. The van der Waals surface area contributed by atoms with Crippen molar-refractivity contribution in [3.05, 3.63) is 16.4 Å². The van der Waals surface area contributed by atoms with Crippen LogP contribution in [0.15, 0.2) is 0 Å². The predicted octanol–water partition coefficient (Wildman–Crippen LogP) is 4.35. The zero-order valence-electron chi connectivity index (χ0n) is 13.6. The van der Waals surface area contributed by atoms with Gasteiger partial charge in [-0.15, -0.1) is 0 Å². The number of hydrogen-bond acceptors (Lipinski definition) is 2. The SMILES string of the molecule is CCc1nn(CC)c(CC(N)CC2CCCCCC2)c1Cl. The van der Waals surface area contributed by atoms with E-state index in [-0.39, 0.29) is 6.04 Å². The molecule has 1 saturated carbocycles. The molecule has 3 nitrogen and oxygen atoms in total. The van der Waals surface area contributed by atoms with Crippen molar-refractivity contribution in [3.63, 3.8) is 0 Å². The third-order valence-electron chi connectivity index (χ3n) is 4.76. The first-order chi connectivity index (χ1) is 10.2. The van der Waals surface area contributed by atoms with E-state index in [1.165, 1.54) is 38.5 Å². The average molecular weight is 312 g/mol. The van der Waals surface area contributed by atoms with E-state index in [1.807, 2.05) is 4.68 Å². The van der Waals surface area contributed by atoms with Crippen LogP contribution in [0.4, 0.5) is 0 Å². The van der Waals surface area contributed by atoms with Gasteiger partial charge in [0.1, 0.15) is 0 Å². The minimum atomic E-state index is 0.206. The fraction of sp³-hybridized carbons (Fsp3) is 0.824. The zero-order valence-corrected chi connectivity index (χ0v) is 14.3. The molecule has 1 aromatic heterocycles. The van der Waals surface area contributed by atoms with Crippen molar-refractivity contribution in [2.45, 2.75) is 84.2 Å². The molecule has 1 fully saturated rings. The monoisotopic (exact) mass is 311 g/mol. The molecule has 4 heteroatoms. The number of aryl methyl sites for hydroxylation is 2. The second-order valence-corrected chi connectivity index (χ2v) is 6.81. The topological polar surface area (TPSA) is 43.8 Å². The Labute approximate surface area is 134 Å². The van der Waals surface area contributed by atoms with Crippen molar-refractivity contribution in [1.29, 1.82) is 0 Å². The highest BCUT2D eigenvalue weighted by atomic mass is 35.5. The second-order valence-electron chi connectivity index (χ2n) is 6.43. The summed E-state index contributed by atoms with van der Waals surface area (Å²) in [6, 6.07) is 0.206. The van der Waals surface area contributed by atoms with Gasteiger partial charge in [0, 0.05) is 19.0 Å². The number of aromatic nitrogens is 2. The van der Waals surface area contributed by atoms with Crippen molar-refractivity contribution in [2.24, 2.45) is 11.7 Å². The standard InChI is InChI=1S/C17H30ClN3/c1-3-15-17(18)16(21(4-2)20-15)12-14(19)11-13-9-7-5-6-8-10-13/h13-14H,3-12,19H2,1-2H3. The van der Waals surface area contributed by atoms with Gasteiger partial charge in [-0.2, -0.15) is 5.10 Å². The molecule has 1 atom stereocenters. The molecular formula is C17H30ClN3. The molecular weight excluding hydrogens is 282 g/mol. The highest BCUT2D eigenvalue weighted by molar-refractivity contribution is 6.31. The highest BCUT2D eigenvalue weighted by Gasteiger charge is 2.20. The Bertz CT molecular complexity index is 433. The molecule has 0 saturated heterocycles. The van der Waals surface area contributed by atoms with E-state index < -0.39 is 0 Å². The summed E-state index contributed by atoms with van der Waals surface area (Å²) in [6.07, 6.45) is 11.2. The van der Waals surface area contributed by atoms with Crippen LogP contribution in [0.25, 0.3) is 0 Å². The van der Waals surface area contributed by atoms with Gasteiger partial charge in [-0.1, -0.05) is 57.0 Å². The second kappa shape index (κ2) is 8.19. The minimum absolute atomic E-state index is 0.206. The van der Waals surface area contributed by atoms with Crippen molar-refractivity contribution >= 4 is 11.6 Å².